The second kappa shape index (κ2) is 7.23. The summed E-state index contributed by atoms with van der Waals surface area (Å²) < 4.78 is 0. The van der Waals surface area contributed by atoms with Gasteiger partial charge in [-0.3, -0.25) is 9.59 Å². The van der Waals surface area contributed by atoms with Gasteiger partial charge in [0.1, 0.15) is 4.88 Å². The number of carboxylic acids is 1. The number of hydrogen-bond acceptors (Lipinski definition) is 4. The van der Waals surface area contributed by atoms with Gasteiger partial charge in [0.2, 0.25) is 0 Å². The second-order valence-electron chi connectivity index (χ2n) is 5.05. The smallest absolute Gasteiger partial charge is 0.303 e. The van der Waals surface area contributed by atoms with E-state index in [0.29, 0.717) is 17.3 Å². The fraction of sp³-hybridized carbons (Fsp3) is 0.615. The Labute approximate surface area is 117 Å². The van der Waals surface area contributed by atoms with Crippen LogP contribution in [0.5, 0.6) is 0 Å². The van der Waals surface area contributed by atoms with E-state index in [2.05, 4.69) is 10.3 Å². The van der Waals surface area contributed by atoms with Crippen LogP contribution in [0.3, 0.4) is 0 Å². The number of hydrogen-bond donors (Lipinski definition) is 2. The van der Waals surface area contributed by atoms with Crippen molar-refractivity contribution < 1.29 is 14.7 Å². The van der Waals surface area contributed by atoms with Crippen molar-refractivity contribution in [2.24, 2.45) is 11.8 Å². The first-order chi connectivity index (χ1) is 8.88. The number of aryl methyl sites for hydroxylation is 1. The van der Waals surface area contributed by atoms with Crippen molar-refractivity contribution in [3.8, 4) is 0 Å². The van der Waals surface area contributed by atoms with Crippen LogP contribution in [0.15, 0.2) is 6.20 Å². The van der Waals surface area contributed by atoms with Gasteiger partial charge in [0.05, 0.1) is 11.2 Å². The summed E-state index contributed by atoms with van der Waals surface area (Å²) in [6, 6.07) is 0. The third kappa shape index (κ3) is 5.83. The highest BCUT2D eigenvalue weighted by Crippen LogP contribution is 2.16. The Balaban J connectivity index is 2.50. The summed E-state index contributed by atoms with van der Waals surface area (Å²) in [7, 11) is 0. The minimum atomic E-state index is -0.825. The third-order valence-electron chi connectivity index (χ3n) is 2.66. The zero-order chi connectivity index (χ0) is 14.4. The van der Waals surface area contributed by atoms with E-state index in [1.54, 1.807) is 6.20 Å². The maximum atomic E-state index is 11.8. The summed E-state index contributed by atoms with van der Waals surface area (Å²) in [6.07, 6.45) is 2.42. The number of carbonyl (C=O) groups is 2. The Morgan fingerprint density at radius 1 is 1.47 bits per heavy atom. The Bertz CT molecular complexity index is 443. The zero-order valence-corrected chi connectivity index (χ0v) is 12.3. The van der Waals surface area contributed by atoms with E-state index < -0.39 is 5.97 Å². The minimum absolute atomic E-state index is 0.0320. The van der Waals surface area contributed by atoms with Crippen LogP contribution in [0.2, 0.25) is 0 Å². The van der Waals surface area contributed by atoms with E-state index in [4.69, 9.17) is 5.11 Å². The van der Waals surface area contributed by atoms with Gasteiger partial charge in [0.25, 0.3) is 5.91 Å². The molecule has 0 aliphatic carbocycles. The normalized spacial score (nSPS) is 12.4. The highest BCUT2D eigenvalue weighted by atomic mass is 32.1. The number of amides is 1. The van der Waals surface area contributed by atoms with Crippen molar-refractivity contribution in [1.82, 2.24) is 10.3 Å². The lowest BCUT2D eigenvalue weighted by Gasteiger charge is -2.17. The minimum Gasteiger partial charge on any atom is -0.481 e. The van der Waals surface area contributed by atoms with Gasteiger partial charge in [0, 0.05) is 13.0 Å². The van der Waals surface area contributed by atoms with Crippen molar-refractivity contribution >= 4 is 23.2 Å². The van der Waals surface area contributed by atoms with Gasteiger partial charge in [-0.1, -0.05) is 13.8 Å². The Morgan fingerprint density at radius 3 is 2.63 bits per heavy atom. The van der Waals surface area contributed by atoms with E-state index in [-0.39, 0.29) is 18.2 Å². The number of carbonyl (C=O) groups excluding carboxylic acids is 1. The predicted molar refractivity (Wildman–Crippen MR) is 74.4 cm³/mol. The van der Waals surface area contributed by atoms with E-state index in [1.165, 1.54) is 11.3 Å². The maximum absolute atomic E-state index is 11.8. The van der Waals surface area contributed by atoms with Crippen molar-refractivity contribution in [2.75, 3.05) is 6.54 Å². The number of nitrogens with zero attached hydrogens (tertiary/aromatic N) is 1. The molecule has 0 spiro atoms. The molecular formula is C13H20N2O3S. The van der Waals surface area contributed by atoms with Crippen LogP contribution in [-0.2, 0) is 4.79 Å². The Kier molecular flexibility index (Phi) is 5.95. The largest absolute Gasteiger partial charge is 0.481 e. The van der Waals surface area contributed by atoms with Crippen LogP contribution in [0, 0.1) is 18.8 Å². The molecule has 1 heterocycles. The molecule has 5 nitrogen and oxygen atoms in total. The highest BCUT2D eigenvalue weighted by Gasteiger charge is 2.17. The first-order valence-electron chi connectivity index (χ1n) is 6.31. The molecule has 1 rings (SSSR count). The molecule has 2 N–H and O–H groups in total. The highest BCUT2D eigenvalue weighted by molar-refractivity contribution is 7.13. The molecule has 1 aromatic heterocycles. The second-order valence-corrected chi connectivity index (χ2v) is 6.28. The van der Waals surface area contributed by atoms with E-state index in [9.17, 15) is 9.59 Å². The molecule has 1 unspecified atom stereocenters. The van der Waals surface area contributed by atoms with Gasteiger partial charge in [-0.2, -0.15) is 0 Å². The van der Waals surface area contributed by atoms with Crippen LogP contribution in [0.4, 0.5) is 0 Å². The molecule has 1 amide bonds. The van der Waals surface area contributed by atoms with Gasteiger partial charge < -0.3 is 10.4 Å². The van der Waals surface area contributed by atoms with E-state index in [0.717, 1.165) is 11.4 Å². The number of rotatable bonds is 7. The van der Waals surface area contributed by atoms with E-state index >= 15 is 0 Å². The van der Waals surface area contributed by atoms with Gasteiger partial charge >= 0.3 is 5.97 Å². The number of aliphatic carboxylic acids is 1. The van der Waals surface area contributed by atoms with Crippen LogP contribution in [0.25, 0.3) is 0 Å². The SMILES string of the molecule is Cc1ncc(C(=O)NCC(CC(=O)O)CC(C)C)s1. The van der Waals surface area contributed by atoms with Gasteiger partial charge in [0.15, 0.2) is 0 Å². The number of carboxylic acid groups (broad SMARTS) is 1. The quantitative estimate of drug-likeness (QED) is 0.805. The molecule has 0 fully saturated rings. The first kappa shape index (κ1) is 15.6. The predicted octanol–water partition coefficient (Wildman–Crippen LogP) is 2.32. The molecule has 0 aliphatic heterocycles. The zero-order valence-electron chi connectivity index (χ0n) is 11.5. The molecule has 0 aliphatic rings. The summed E-state index contributed by atoms with van der Waals surface area (Å²) in [5, 5.41) is 12.5. The molecule has 19 heavy (non-hydrogen) atoms. The van der Waals surface area contributed by atoms with Crippen LogP contribution in [-0.4, -0.2) is 28.5 Å². The molecular weight excluding hydrogens is 264 g/mol. The molecule has 0 saturated carbocycles. The van der Waals surface area contributed by atoms with E-state index in [1.807, 2.05) is 20.8 Å². The van der Waals surface area contributed by atoms with Crippen molar-refractivity contribution in [3.05, 3.63) is 16.1 Å². The van der Waals surface area contributed by atoms with Gasteiger partial charge in [-0.25, -0.2) is 4.98 Å². The average molecular weight is 284 g/mol. The molecule has 0 radical (unpaired) electrons. The van der Waals surface area contributed by atoms with Gasteiger partial charge in [-0.15, -0.1) is 11.3 Å². The number of nitrogens with one attached hydrogen (secondary N) is 1. The molecule has 6 heteroatoms. The summed E-state index contributed by atoms with van der Waals surface area (Å²) in [6.45, 7) is 6.32. The molecule has 1 aromatic rings. The van der Waals surface area contributed by atoms with Crippen LogP contribution < -0.4 is 5.32 Å². The molecule has 0 bridgehead atoms. The molecule has 0 saturated heterocycles. The summed E-state index contributed by atoms with van der Waals surface area (Å²) in [5.74, 6) is -0.624. The standard InChI is InChI=1S/C13H20N2O3S/c1-8(2)4-10(5-12(16)17)6-15-13(18)11-7-14-9(3)19-11/h7-8,10H,4-6H2,1-3H3,(H,15,18)(H,16,17). The number of thiazole rings is 1. The lowest BCUT2D eigenvalue weighted by Crippen LogP contribution is -2.30. The monoisotopic (exact) mass is 284 g/mol. The van der Waals surface area contributed by atoms with Crippen molar-refractivity contribution in [1.29, 1.82) is 0 Å². The maximum Gasteiger partial charge on any atom is 0.303 e. The lowest BCUT2D eigenvalue weighted by atomic mass is 9.94. The number of aromatic nitrogens is 1. The Hall–Kier alpha value is -1.43. The summed E-state index contributed by atoms with van der Waals surface area (Å²) in [4.78, 5) is 27.2. The summed E-state index contributed by atoms with van der Waals surface area (Å²) >= 11 is 1.34. The van der Waals surface area contributed by atoms with Crippen molar-refractivity contribution in [2.45, 2.75) is 33.6 Å². The molecule has 1 atom stereocenters. The Morgan fingerprint density at radius 2 is 2.16 bits per heavy atom. The van der Waals surface area contributed by atoms with Crippen molar-refractivity contribution in [3.63, 3.8) is 0 Å². The fourth-order valence-electron chi connectivity index (χ4n) is 1.94. The van der Waals surface area contributed by atoms with Gasteiger partial charge in [-0.05, 0) is 25.2 Å². The molecule has 106 valence electrons. The van der Waals surface area contributed by atoms with Crippen LogP contribution in [0.1, 0.15) is 41.4 Å². The summed E-state index contributed by atoms with van der Waals surface area (Å²) in [5.41, 5.74) is 0. The topological polar surface area (TPSA) is 79.3 Å². The first-order valence-corrected chi connectivity index (χ1v) is 7.12. The lowest BCUT2D eigenvalue weighted by molar-refractivity contribution is -0.138. The fourth-order valence-corrected chi connectivity index (χ4v) is 2.64. The van der Waals surface area contributed by atoms with Crippen LogP contribution >= 0.6 is 11.3 Å². The third-order valence-corrected chi connectivity index (χ3v) is 3.58. The molecule has 0 aromatic carbocycles. The average Bonchev–Trinajstić information content (AvgIpc) is 2.71.